The van der Waals surface area contributed by atoms with E-state index in [1.807, 2.05) is 0 Å². The van der Waals surface area contributed by atoms with Crippen LogP contribution in [0.1, 0.15) is 33.6 Å². The van der Waals surface area contributed by atoms with Crippen molar-refractivity contribution in [2.24, 2.45) is 0 Å². The Bertz CT molecular complexity index is 668. The molecule has 2 aromatic heterocycles. The Kier molecular flexibility index (Phi) is 7.34. The highest BCUT2D eigenvalue weighted by molar-refractivity contribution is 8.76. The number of aryl methyl sites for hydroxylation is 2. The lowest BCUT2D eigenvalue weighted by Gasteiger charge is -2.11. The van der Waals surface area contributed by atoms with Gasteiger partial charge in [0, 0.05) is 35.0 Å². The number of alkyl halides is 2. The largest absolute Gasteiger partial charge is 0.506 e. The minimum atomic E-state index is 0.171. The minimum absolute atomic E-state index is 0.171. The van der Waals surface area contributed by atoms with Crippen LogP contribution in [0.2, 0.25) is 0 Å². The molecule has 24 heavy (non-hydrogen) atoms. The second-order valence-electron chi connectivity index (χ2n) is 5.18. The average molecular weight is 405 g/mol. The van der Waals surface area contributed by atoms with E-state index >= 15 is 0 Å². The molecule has 2 heterocycles. The number of aromatic nitrogens is 2. The number of nitrogens with zero attached hydrogens (tertiary/aromatic N) is 2. The maximum atomic E-state index is 10.0. The first-order valence-electron chi connectivity index (χ1n) is 7.18. The molecule has 2 N–H and O–H groups in total. The molecule has 0 saturated heterocycles. The van der Waals surface area contributed by atoms with Gasteiger partial charge in [-0.15, -0.1) is 23.2 Å². The molecule has 0 unspecified atom stereocenters. The molecule has 8 heteroatoms. The lowest BCUT2D eigenvalue weighted by molar-refractivity contribution is 0.461. The van der Waals surface area contributed by atoms with Crippen molar-refractivity contribution in [3.63, 3.8) is 0 Å². The summed E-state index contributed by atoms with van der Waals surface area (Å²) in [5.41, 5.74) is 4.47. The molecule has 0 radical (unpaired) electrons. The van der Waals surface area contributed by atoms with Gasteiger partial charge in [-0.1, -0.05) is 21.6 Å². The topological polar surface area (TPSA) is 66.2 Å². The van der Waals surface area contributed by atoms with Crippen LogP contribution in [-0.4, -0.2) is 20.2 Å². The first kappa shape index (κ1) is 19.5. The van der Waals surface area contributed by atoms with Gasteiger partial charge >= 0.3 is 0 Å². The Morgan fingerprint density at radius 3 is 1.54 bits per heavy atom. The van der Waals surface area contributed by atoms with Crippen molar-refractivity contribution >= 4 is 44.8 Å². The summed E-state index contributed by atoms with van der Waals surface area (Å²) >= 11 is 11.9. The summed E-state index contributed by atoms with van der Waals surface area (Å²) in [6, 6.07) is 0. The van der Waals surface area contributed by atoms with Crippen LogP contribution in [0.25, 0.3) is 0 Å². The van der Waals surface area contributed by atoms with Gasteiger partial charge in [0.15, 0.2) is 0 Å². The number of pyridine rings is 2. The molecule has 0 aliphatic carbocycles. The van der Waals surface area contributed by atoms with E-state index in [1.54, 1.807) is 47.8 Å². The predicted octanol–water partition coefficient (Wildman–Crippen LogP) is 5.06. The van der Waals surface area contributed by atoms with Crippen LogP contribution < -0.4 is 0 Å². The Labute approximate surface area is 159 Å². The molecule has 130 valence electrons. The van der Waals surface area contributed by atoms with Crippen LogP contribution in [0.15, 0.2) is 12.4 Å². The number of rotatable bonds is 7. The lowest BCUT2D eigenvalue weighted by atomic mass is 10.1. The third kappa shape index (κ3) is 4.42. The van der Waals surface area contributed by atoms with Gasteiger partial charge in [-0.3, -0.25) is 9.97 Å². The third-order valence-electron chi connectivity index (χ3n) is 3.64. The number of hydrogen-bond donors (Lipinski definition) is 2. The molecule has 0 aromatic carbocycles. The van der Waals surface area contributed by atoms with E-state index in [9.17, 15) is 10.2 Å². The molecule has 2 rings (SSSR count). The fourth-order valence-corrected chi connectivity index (χ4v) is 4.90. The summed E-state index contributed by atoms with van der Waals surface area (Å²) < 4.78 is 0. The number of hydrogen-bond acceptors (Lipinski definition) is 6. The fourth-order valence-electron chi connectivity index (χ4n) is 2.13. The Hall–Kier alpha value is -0.820. The lowest BCUT2D eigenvalue weighted by Crippen LogP contribution is -1.96. The summed E-state index contributed by atoms with van der Waals surface area (Å²) in [6.45, 7) is 3.50. The van der Waals surface area contributed by atoms with Gasteiger partial charge in [0.05, 0.1) is 23.1 Å². The molecule has 2 aromatic rings. The zero-order valence-corrected chi connectivity index (χ0v) is 16.5. The van der Waals surface area contributed by atoms with Crippen molar-refractivity contribution in [2.45, 2.75) is 37.1 Å². The molecule has 0 spiro atoms. The van der Waals surface area contributed by atoms with Crippen molar-refractivity contribution < 1.29 is 10.2 Å². The molecule has 0 amide bonds. The van der Waals surface area contributed by atoms with E-state index in [0.717, 1.165) is 22.3 Å². The van der Waals surface area contributed by atoms with E-state index in [2.05, 4.69) is 9.97 Å². The Morgan fingerprint density at radius 2 is 1.21 bits per heavy atom. The maximum Gasteiger partial charge on any atom is 0.141 e. The van der Waals surface area contributed by atoms with Gasteiger partial charge in [0.1, 0.15) is 11.5 Å². The van der Waals surface area contributed by atoms with Crippen LogP contribution in [0.3, 0.4) is 0 Å². The number of aromatic hydroxyl groups is 2. The molecule has 0 saturated carbocycles. The molecule has 0 fully saturated rings. The zero-order chi connectivity index (χ0) is 17.7. The van der Waals surface area contributed by atoms with Gasteiger partial charge in [-0.05, 0) is 25.0 Å². The molecular formula is C16H18Cl2N2O2S2. The SMILES string of the molecule is Cc1ncc(CSSCc2cnc(C)c(O)c2CCl)c(CCl)c1O. The minimum Gasteiger partial charge on any atom is -0.506 e. The van der Waals surface area contributed by atoms with E-state index in [4.69, 9.17) is 23.2 Å². The van der Waals surface area contributed by atoms with Gasteiger partial charge < -0.3 is 10.2 Å². The Balaban J connectivity index is 1.99. The monoisotopic (exact) mass is 404 g/mol. The number of halogens is 2. The van der Waals surface area contributed by atoms with Crippen molar-refractivity contribution in [3.05, 3.63) is 46.0 Å². The smallest absolute Gasteiger partial charge is 0.141 e. The van der Waals surface area contributed by atoms with E-state index in [0.29, 0.717) is 22.9 Å². The first-order chi connectivity index (χ1) is 11.5. The van der Waals surface area contributed by atoms with Crippen LogP contribution in [-0.2, 0) is 23.3 Å². The Morgan fingerprint density at radius 1 is 0.833 bits per heavy atom. The van der Waals surface area contributed by atoms with E-state index in [-0.39, 0.29) is 23.3 Å². The van der Waals surface area contributed by atoms with Gasteiger partial charge in [0.25, 0.3) is 0 Å². The van der Waals surface area contributed by atoms with Crippen LogP contribution in [0.4, 0.5) is 0 Å². The maximum absolute atomic E-state index is 10.0. The zero-order valence-electron chi connectivity index (χ0n) is 13.3. The van der Waals surface area contributed by atoms with Crippen molar-refractivity contribution in [3.8, 4) is 11.5 Å². The van der Waals surface area contributed by atoms with Crippen LogP contribution in [0, 0.1) is 13.8 Å². The highest BCUT2D eigenvalue weighted by Gasteiger charge is 2.13. The predicted molar refractivity (Wildman–Crippen MR) is 103 cm³/mol. The van der Waals surface area contributed by atoms with Gasteiger partial charge in [-0.2, -0.15) is 0 Å². The van der Waals surface area contributed by atoms with Crippen molar-refractivity contribution in [1.29, 1.82) is 0 Å². The second kappa shape index (κ2) is 9.04. The standard InChI is InChI=1S/C16H18Cl2N2O2S2/c1-9-15(21)13(3-17)11(5-19-9)7-23-24-8-12-6-20-10(2)16(22)14(12)4-18/h5-6,21-22H,3-4,7-8H2,1-2H3. The average Bonchev–Trinajstić information content (AvgIpc) is 2.58. The van der Waals surface area contributed by atoms with Crippen LogP contribution >= 0.6 is 44.8 Å². The van der Waals surface area contributed by atoms with Crippen molar-refractivity contribution in [2.75, 3.05) is 0 Å². The van der Waals surface area contributed by atoms with Crippen LogP contribution in [0.5, 0.6) is 11.5 Å². The summed E-state index contributed by atoms with van der Waals surface area (Å²) in [6.07, 6.45) is 3.51. The summed E-state index contributed by atoms with van der Waals surface area (Å²) in [5, 5.41) is 20.0. The molecule has 0 bridgehead atoms. The third-order valence-corrected chi connectivity index (χ3v) is 6.41. The summed E-state index contributed by atoms with van der Waals surface area (Å²) in [5.74, 6) is 2.20. The quantitative estimate of drug-likeness (QED) is 0.381. The molecule has 0 atom stereocenters. The molecular weight excluding hydrogens is 387 g/mol. The molecule has 4 nitrogen and oxygen atoms in total. The molecule has 0 aliphatic rings. The molecule has 0 aliphatic heterocycles. The van der Waals surface area contributed by atoms with Crippen molar-refractivity contribution in [1.82, 2.24) is 9.97 Å². The van der Waals surface area contributed by atoms with Gasteiger partial charge in [-0.25, -0.2) is 0 Å². The first-order valence-corrected chi connectivity index (χ1v) is 10.7. The highest BCUT2D eigenvalue weighted by atomic mass is 35.5. The summed E-state index contributed by atoms with van der Waals surface area (Å²) in [4.78, 5) is 8.36. The normalized spacial score (nSPS) is 11.0. The van der Waals surface area contributed by atoms with E-state index in [1.165, 1.54) is 0 Å². The highest BCUT2D eigenvalue weighted by Crippen LogP contribution is 2.35. The second-order valence-corrected chi connectivity index (χ2v) is 8.18. The fraction of sp³-hybridized carbons (Fsp3) is 0.375. The summed E-state index contributed by atoms with van der Waals surface area (Å²) in [7, 11) is 3.26. The van der Waals surface area contributed by atoms with Gasteiger partial charge in [0.2, 0.25) is 0 Å². The van der Waals surface area contributed by atoms with E-state index < -0.39 is 0 Å².